The number of amides is 1. The molecule has 0 bridgehead atoms. The monoisotopic (exact) mass is 402 g/mol. The maximum absolute atomic E-state index is 12.8. The van der Waals surface area contributed by atoms with Crippen LogP contribution in [0.3, 0.4) is 0 Å². The van der Waals surface area contributed by atoms with Gasteiger partial charge in [-0.2, -0.15) is 0 Å². The molecule has 2 heterocycles. The Labute approximate surface area is 171 Å². The Morgan fingerprint density at radius 1 is 1.29 bits per heavy atom. The van der Waals surface area contributed by atoms with E-state index in [9.17, 15) is 4.79 Å². The molecule has 1 fully saturated rings. The van der Waals surface area contributed by atoms with Crippen LogP contribution in [0.15, 0.2) is 35.7 Å². The fourth-order valence-electron chi connectivity index (χ4n) is 3.61. The van der Waals surface area contributed by atoms with E-state index in [2.05, 4.69) is 34.7 Å². The number of hydrogen-bond donors (Lipinski definition) is 1. The number of nitrogens with zero attached hydrogens (tertiary/aromatic N) is 1. The lowest BCUT2D eigenvalue weighted by atomic mass is 9.97. The van der Waals surface area contributed by atoms with Crippen molar-refractivity contribution < 1.29 is 14.3 Å². The van der Waals surface area contributed by atoms with Crippen LogP contribution >= 0.6 is 11.3 Å². The van der Waals surface area contributed by atoms with Crippen molar-refractivity contribution in [1.82, 2.24) is 10.2 Å². The van der Waals surface area contributed by atoms with E-state index in [1.54, 1.807) is 36.6 Å². The van der Waals surface area contributed by atoms with E-state index < -0.39 is 0 Å². The van der Waals surface area contributed by atoms with E-state index >= 15 is 0 Å². The van der Waals surface area contributed by atoms with Crippen LogP contribution in [0, 0.1) is 5.92 Å². The maximum Gasteiger partial charge on any atom is 0.251 e. The molecule has 0 saturated carbocycles. The van der Waals surface area contributed by atoms with Crippen molar-refractivity contribution in [2.45, 2.75) is 32.7 Å². The summed E-state index contributed by atoms with van der Waals surface area (Å²) in [6.45, 7) is 7.56. The Bertz CT molecular complexity index is 755. The highest BCUT2D eigenvalue weighted by Crippen LogP contribution is 2.30. The molecular weight excluding hydrogens is 372 g/mol. The predicted molar refractivity (Wildman–Crippen MR) is 114 cm³/mol. The van der Waals surface area contributed by atoms with Crippen molar-refractivity contribution in [3.63, 3.8) is 0 Å². The number of nitrogens with one attached hydrogen (secondary N) is 1. The van der Waals surface area contributed by atoms with Crippen LogP contribution in [-0.4, -0.2) is 44.2 Å². The Balaban J connectivity index is 1.68. The lowest BCUT2D eigenvalue weighted by Crippen LogP contribution is -2.41. The molecule has 1 saturated heterocycles. The molecule has 2 aromatic rings. The molecule has 1 unspecified atom stereocenters. The summed E-state index contributed by atoms with van der Waals surface area (Å²) in [5.74, 6) is 1.93. The average Bonchev–Trinajstić information content (AvgIpc) is 3.24. The minimum absolute atomic E-state index is 0.0896. The van der Waals surface area contributed by atoms with E-state index in [0.29, 0.717) is 30.2 Å². The third-order valence-electron chi connectivity index (χ3n) is 5.31. The summed E-state index contributed by atoms with van der Waals surface area (Å²) >= 11 is 1.76. The van der Waals surface area contributed by atoms with Gasteiger partial charge in [0.25, 0.3) is 5.91 Å². The van der Waals surface area contributed by atoms with Crippen molar-refractivity contribution in [3.8, 4) is 11.5 Å². The van der Waals surface area contributed by atoms with Gasteiger partial charge in [0.2, 0.25) is 0 Å². The molecule has 152 valence electrons. The predicted octanol–water partition coefficient (Wildman–Crippen LogP) is 4.36. The summed E-state index contributed by atoms with van der Waals surface area (Å²) in [7, 11) is 1.59. The van der Waals surface area contributed by atoms with Gasteiger partial charge < -0.3 is 14.8 Å². The fourth-order valence-corrected chi connectivity index (χ4v) is 4.47. The number of likely N-dealkylation sites (tertiary alicyclic amines) is 1. The molecule has 5 nitrogen and oxygen atoms in total. The molecule has 1 aliphatic heterocycles. The number of benzene rings is 1. The van der Waals surface area contributed by atoms with Gasteiger partial charge in [-0.25, -0.2) is 0 Å². The largest absolute Gasteiger partial charge is 0.493 e. The zero-order valence-electron chi connectivity index (χ0n) is 16.9. The molecule has 0 aliphatic carbocycles. The molecule has 1 aliphatic rings. The number of carbonyl (C=O) groups excluding carboxylic acids is 1. The summed E-state index contributed by atoms with van der Waals surface area (Å²) < 4.78 is 10.9. The molecule has 1 atom stereocenters. The third kappa shape index (κ3) is 5.06. The molecule has 0 spiro atoms. The molecule has 1 aromatic heterocycles. The summed E-state index contributed by atoms with van der Waals surface area (Å²) in [6.07, 6.45) is 2.43. The smallest absolute Gasteiger partial charge is 0.251 e. The fraction of sp³-hybridized carbons (Fsp3) is 0.500. The molecule has 1 aromatic carbocycles. The van der Waals surface area contributed by atoms with Crippen molar-refractivity contribution in [2.75, 3.05) is 33.4 Å². The molecule has 3 rings (SSSR count). The molecule has 6 heteroatoms. The lowest BCUT2D eigenvalue weighted by molar-refractivity contribution is 0.0914. The van der Waals surface area contributed by atoms with Crippen molar-refractivity contribution in [2.24, 2.45) is 5.92 Å². The quantitative estimate of drug-likeness (QED) is 0.713. The van der Waals surface area contributed by atoms with Crippen LogP contribution in [0.2, 0.25) is 0 Å². The Hall–Kier alpha value is -2.05. The maximum atomic E-state index is 12.8. The highest BCUT2D eigenvalue weighted by Gasteiger charge is 2.26. The molecule has 1 N–H and O–H groups in total. The Kier molecular flexibility index (Phi) is 7.34. The first-order valence-electron chi connectivity index (χ1n) is 9.98. The second kappa shape index (κ2) is 9.94. The van der Waals surface area contributed by atoms with Gasteiger partial charge in [0.05, 0.1) is 19.8 Å². The molecular formula is C22H30N2O3S. The van der Waals surface area contributed by atoms with Crippen LogP contribution in [0.1, 0.15) is 48.0 Å². The molecule has 0 radical (unpaired) electrons. The first-order chi connectivity index (χ1) is 13.6. The van der Waals surface area contributed by atoms with E-state index in [1.165, 1.54) is 17.7 Å². The zero-order valence-corrected chi connectivity index (χ0v) is 17.8. The Morgan fingerprint density at radius 2 is 2.07 bits per heavy atom. The van der Waals surface area contributed by atoms with E-state index in [-0.39, 0.29) is 11.9 Å². The third-order valence-corrected chi connectivity index (χ3v) is 6.29. The highest BCUT2D eigenvalue weighted by molar-refractivity contribution is 7.10. The van der Waals surface area contributed by atoms with E-state index in [0.717, 1.165) is 19.0 Å². The second-order valence-corrected chi connectivity index (χ2v) is 8.24. The summed E-state index contributed by atoms with van der Waals surface area (Å²) in [5.41, 5.74) is 0.581. The van der Waals surface area contributed by atoms with Gasteiger partial charge >= 0.3 is 0 Å². The zero-order chi connectivity index (χ0) is 19.9. The van der Waals surface area contributed by atoms with Crippen LogP contribution in [0.4, 0.5) is 0 Å². The second-order valence-electron chi connectivity index (χ2n) is 7.26. The normalized spacial score (nSPS) is 16.5. The number of rotatable bonds is 8. The SMILES string of the molecule is CCOc1ccc(C(=O)NCC(c2cccs2)N2CCC(C)CC2)cc1OC. The van der Waals surface area contributed by atoms with Crippen LogP contribution < -0.4 is 14.8 Å². The molecule has 1 amide bonds. The number of carbonyl (C=O) groups is 1. The lowest BCUT2D eigenvalue weighted by Gasteiger charge is -2.36. The van der Waals surface area contributed by atoms with Crippen LogP contribution in [-0.2, 0) is 0 Å². The molecule has 28 heavy (non-hydrogen) atoms. The van der Waals surface area contributed by atoms with Crippen molar-refractivity contribution in [1.29, 1.82) is 0 Å². The van der Waals surface area contributed by atoms with Gasteiger partial charge in [-0.3, -0.25) is 9.69 Å². The first kappa shape index (κ1) is 20.7. The standard InChI is InChI=1S/C22H30N2O3S/c1-4-27-19-8-7-17(14-20(19)26-3)22(25)23-15-18(21-6-5-13-28-21)24-11-9-16(2)10-12-24/h5-8,13-14,16,18H,4,9-12,15H2,1-3H3,(H,23,25). The van der Waals surface area contributed by atoms with Crippen LogP contribution in [0.5, 0.6) is 11.5 Å². The van der Waals surface area contributed by atoms with Gasteiger partial charge in [0.15, 0.2) is 11.5 Å². The number of methoxy groups -OCH3 is 1. The number of ether oxygens (including phenoxy) is 2. The summed E-state index contributed by atoms with van der Waals surface area (Å²) in [4.78, 5) is 16.6. The van der Waals surface area contributed by atoms with Gasteiger partial charge in [-0.05, 0) is 68.4 Å². The van der Waals surface area contributed by atoms with E-state index in [1.807, 2.05) is 6.92 Å². The van der Waals surface area contributed by atoms with Crippen molar-refractivity contribution in [3.05, 3.63) is 46.2 Å². The number of hydrogen-bond acceptors (Lipinski definition) is 5. The van der Waals surface area contributed by atoms with Gasteiger partial charge in [-0.15, -0.1) is 11.3 Å². The number of piperidine rings is 1. The highest BCUT2D eigenvalue weighted by atomic mass is 32.1. The minimum Gasteiger partial charge on any atom is -0.493 e. The van der Waals surface area contributed by atoms with Gasteiger partial charge in [-0.1, -0.05) is 13.0 Å². The summed E-state index contributed by atoms with van der Waals surface area (Å²) in [5, 5.41) is 5.23. The van der Waals surface area contributed by atoms with Gasteiger partial charge in [0.1, 0.15) is 0 Å². The minimum atomic E-state index is -0.0896. The average molecular weight is 403 g/mol. The Morgan fingerprint density at radius 3 is 2.71 bits per heavy atom. The van der Waals surface area contributed by atoms with Gasteiger partial charge in [0, 0.05) is 17.0 Å². The topological polar surface area (TPSA) is 50.8 Å². The first-order valence-corrected chi connectivity index (χ1v) is 10.9. The number of thiophene rings is 1. The summed E-state index contributed by atoms with van der Waals surface area (Å²) in [6, 6.07) is 9.79. The van der Waals surface area contributed by atoms with E-state index in [4.69, 9.17) is 9.47 Å². The van der Waals surface area contributed by atoms with Crippen LogP contribution in [0.25, 0.3) is 0 Å². The van der Waals surface area contributed by atoms with Crippen molar-refractivity contribution >= 4 is 17.2 Å².